The van der Waals surface area contributed by atoms with Crippen molar-refractivity contribution < 1.29 is 14.0 Å². The predicted molar refractivity (Wildman–Crippen MR) is 74.9 cm³/mol. The van der Waals surface area contributed by atoms with E-state index in [1.165, 1.54) is 6.26 Å². The Morgan fingerprint density at radius 3 is 2.50 bits per heavy atom. The van der Waals surface area contributed by atoms with E-state index in [9.17, 15) is 9.59 Å². The van der Waals surface area contributed by atoms with Gasteiger partial charge in [0.15, 0.2) is 5.76 Å². The molecule has 0 bridgehead atoms. The van der Waals surface area contributed by atoms with Crippen molar-refractivity contribution >= 4 is 17.4 Å². The van der Waals surface area contributed by atoms with Gasteiger partial charge in [-0.2, -0.15) is 0 Å². The Morgan fingerprint density at radius 2 is 1.95 bits per heavy atom. The molecule has 0 aliphatic carbocycles. The molecule has 1 aromatic heterocycles. The molecule has 1 saturated heterocycles. The zero-order valence-electron chi connectivity index (χ0n) is 11.3. The largest absolute Gasteiger partial charge is 0.461 e. The average molecular weight is 269 g/mol. The highest BCUT2D eigenvalue weighted by Crippen LogP contribution is 2.23. The van der Waals surface area contributed by atoms with Crippen LogP contribution in [0.5, 0.6) is 0 Å². The van der Waals surface area contributed by atoms with E-state index < -0.39 is 0 Å². The van der Waals surface area contributed by atoms with Gasteiger partial charge in [0.2, 0.25) is 11.7 Å². The maximum atomic E-state index is 12.3. The lowest BCUT2D eigenvalue weighted by molar-refractivity contribution is -0.117. The van der Waals surface area contributed by atoms with E-state index in [1.54, 1.807) is 23.1 Å². The van der Waals surface area contributed by atoms with E-state index >= 15 is 0 Å². The average Bonchev–Trinajstić information content (AvgIpc) is 3.07. The van der Waals surface area contributed by atoms with Crippen LogP contribution < -0.4 is 4.90 Å². The topological polar surface area (TPSA) is 50.5 Å². The number of aryl methyl sites for hydroxylation is 1. The summed E-state index contributed by atoms with van der Waals surface area (Å²) in [5, 5.41) is 0. The molecule has 3 rings (SSSR count). The van der Waals surface area contributed by atoms with Crippen molar-refractivity contribution in [3.8, 4) is 0 Å². The molecule has 0 radical (unpaired) electrons. The molecule has 2 aromatic rings. The maximum absolute atomic E-state index is 12.3. The monoisotopic (exact) mass is 269 g/mol. The first-order valence-electron chi connectivity index (χ1n) is 6.66. The molecule has 4 heteroatoms. The minimum atomic E-state index is -0.133. The van der Waals surface area contributed by atoms with Gasteiger partial charge >= 0.3 is 0 Å². The third-order valence-corrected chi connectivity index (χ3v) is 3.58. The number of furan rings is 1. The van der Waals surface area contributed by atoms with Crippen LogP contribution in [0.1, 0.15) is 34.5 Å². The van der Waals surface area contributed by atoms with Gasteiger partial charge in [0.05, 0.1) is 6.26 Å². The number of hydrogen-bond donors (Lipinski definition) is 0. The van der Waals surface area contributed by atoms with E-state index in [0.717, 1.165) is 24.2 Å². The number of ketones is 1. The number of benzene rings is 1. The van der Waals surface area contributed by atoms with E-state index in [0.29, 0.717) is 17.7 Å². The highest BCUT2D eigenvalue weighted by Gasteiger charge is 2.22. The maximum Gasteiger partial charge on any atom is 0.228 e. The lowest BCUT2D eigenvalue weighted by Gasteiger charge is -2.15. The van der Waals surface area contributed by atoms with Crippen molar-refractivity contribution in [2.75, 3.05) is 11.4 Å². The third kappa shape index (κ3) is 2.13. The fraction of sp³-hybridized carbons (Fsp3) is 0.250. The summed E-state index contributed by atoms with van der Waals surface area (Å²) in [7, 11) is 0. The molecule has 0 atom stereocenters. The van der Waals surface area contributed by atoms with E-state index in [4.69, 9.17) is 4.42 Å². The van der Waals surface area contributed by atoms with Gasteiger partial charge in [0, 0.05) is 24.2 Å². The minimum Gasteiger partial charge on any atom is -0.461 e. The van der Waals surface area contributed by atoms with Crippen molar-refractivity contribution in [1.82, 2.24) is 0 Å². The zero-order chi connectivity index (χ0) is 14.1. The first kappa shape index (κ1) is 12.7. The molecule has 0 N–H and O–H groups in total. The Hall–Kier alpha value is -2.36. The Bertz CT molecular complexity index is 655. The number of hydrogen-bond acceptors (Lipinski definition) is 3. The molecule has 1 aromatic carbocycles. The van der Waals surface area contributed by atoms with E-state index in [-0.39, 0.29) is 11.7 Å². The normalized spacial score (nSPS) is 14.8. The highest BCUT2D eigenvalue weighted by atomic mass is 16.3. The van der Waals surface area contributed by atoms with Gasteiger partial charge in [-0.25, -0.2) is 0 Å². The summed E-state index contributed by atoms with van der Waals surface area (Å²) in [5.41, 5.74) is 2.24. The Kier molecular flexibility index (Phi) is 3.14. The summed E-state index contributed by atoms with van der Waals surface area (Å²) in [4.78, 5) is 25.7. The molecular weight excluding hydrogens is 254 g/mol. The standard InChI is InChI=1S/C16H15NO3/c1-11-8-10-20-16(11)15(19)12-4-6-13(7-5-12)17-9-2-3-14(17)18/h4-8,10H,2-3,9H2,1H3. The molecule has 4 nitrogen and oxygen atoms in total. The van der Waals surface area contributed by atoms with E-state index in [2.05, 4.69) is 0 Å². The van der Waals surface area contributed by atoms with Crippen LogP contribution in [-0.2, 0) is 4.79 Å². The zero-order valence-corrected chi connectivity index (χ0v) is 11.3. The highest BCUT2D eigenvalue weighted by molar-refractivity contribution is 6.08. The summed E-state index contributed by atoms with van der Waals surface area (Å²) in [6.07, 6.45) is 3.01. The van der Waals surface area contributed by atoms with Crippen LogP contribution in [0.3, 0.4) is 0 Å². The SMILES string of the molecule is Cc1ccoc1C(=O)c1ccc(N2CCCC2=O)cc1. The first-order valence-corrected chi connectivity index (χ1v) is 6.66. The summed E-state index contributed by atoms with van der Waals surface area (Å²) < 4.78 is 5.21. The number of anilines is 1. The van der Waals surface area contributed by atoms with Crippen LogP contribution in [0.25, 0.3) is 0 Å². The van der Waals surface area contributed by atoms with Crippen LogP contribution in [-0.4, -0.2) is 18.2 Å². The quantitative estimate of drug-likeness (QED) is 0.805. The molecule has 0 spiro atoms. The molecule has 0 saturated carbocycles. The molecule has 1 amide bonds. The Labute approximate surface area is 117 Å². The number of rotatable bonds is 3. The lowest BCUT2D eigenvalue weighted by Crippen LogP contribution is -2.23. The van der Waals surface area contributed by atoms with Gasteiger partial charge < -0.3 is 9.32 Å². The summed E-state index contributed by atoms with van der Waals surface area (Å²) in [6.45, 7) is 2.59. The molecular formula is C16H15NO3. The Morgan fingerprint density at radius 1 is 1.20 bits per heavy atom. The number of carbonyl (C=O) groups excluding carboxylic acids is 2. The van der Waals surface area contributed by atoms with Gasteiger partial charge in [0.25, 0.3) is 0 Å². The van der Waals surface area contributed by atoms with Crippen LogP contribution in [0, 0.1) is 6.92 Å². The second-order valence-corrected chi connectivity index (χ2v) is 4.96. The van der Waals surface area contributed by atoms with Gasteiger partial charge in [-0.05, 0) is 49.2 Å². The number of nitrogens with zero attached hydrogens (tertiary/aromatic N) is 1. The van der Waals surface area contributed by atoms with Crippen LogP contribution >= 0.6 is 0 Å². The molecule has 1 aliphatic heterocycles. The smallest absolute Gasteiger partial charge is 0.228 e. The van der Waals surface area contributed by atoms with Crippen molar-refractivity contribution in [3.05, 3.63) is 53.5 Å². The fourth-order valence-corrected chi connectivity index (χ4v) is 2.45. The van der Waals surface area contributed by atoms with Crippen molar-refractivity contribution in [2.24, 2.45) is 0 Å². The summed E-state index contributed by atoms with van der Waals surface area (Å²) >= 11 is 0. The molecule has 0 unspecified atom stereocenters. The second kappa shape index (κ2) is 4.96. The third-order valence-electron chi connectivity index (χ3n) is 3.58. The van der Waals surface area contributed by atoms with Gasteiger partial charge in [-0.1, -0.05) is 0 Å². The minimum absolute atomic E-state index is 0.133. The van der Waals surface area contributed by atoms with Gasteiger partial charge in [-0.15, -0.1) is 0 Å². The second-order valence-electron chi connectivity index (χ2n) is 4.96. The summed E-state index contributed by atoms with van der Waals surface area (Å²) in [6, 6.07) is 8.88. The van der Waals surface area contributed by atoms with Crippen molar-refractivity contribution in [2.45, 2.75) is 19.8 Å². The summed E-state index contributed by atoms with van der Waals surface area (Å²) in [5.74, 6) is 0.382. The van der Waals surface area contributed by atoms with Gasteiger partial charge in [0.1, 0.15) is 0 Å². The molecule has 102 valence electrons. The fourth-order valence-electron chi connectivity index (χ4n) is 2.45. The lowest BCUT2D eigenvalue weighted by atomic mass is 10.1. The molecule has 2 heterocycles. The first-order chi connectivity index (χ1) is 9.66. The molecule has 1 fully saturated rings. The van der Waals surface area contributed by atoms with Crippen LogP contribution in [0.2, 0.25) is 0 Å². The Balaban J connectivity index is 1.85. The van der Waals surface area contributed by atoms with Gasteiger partial charge in [-0.3, -0.25) is 9.59 Å². The van der Waals surface area contributed by atoms with Crippen LogP contribution in [0.15, 0.2) is 41.0 Å². The number of carbonyl (C=O) groups is 2. The van der Waals surface area contributed by atoms with Crippen LogP contribution in [0.4, 0.5) is 5.69 Å². The molecule has 1 aliphatic rings. The van der Waals surface area contributed by atoms with Crippen molar-refractivity contribution in [3.63, 3.8) is 0 Å². The predicted octanol–water partition coefficient (Wildman–Crippen LogP) is 2.95. The molecule has 20 heavy (non-hydrogen) atoms. The van der Waals surface area contributed by atoms with Crippen molar-refractivity contribution in [1.29, 1.82) is 0 Å². The number of amides is 1. The van der Waals surface area contributed by atoms with E-state index in [1.807, 2.05) is 19.1 Å².